The van der Waals surface area contributed by atoms with E-state index in [1.165, 1.54) is 66.9 Å². The number of aromatic nitrogens is 2. The molecule has 226 valence electrons. The van der Waals surface area contributed by atoms with Crippen molar-refractivity contribution in [2.75, 3.05) is 14.2 Å². The fourth-order valence-electron chi connectivity index (χ4n) is 9.27. The maximum absolute atomic E-state index is 14.1. The molecule has 2 bridgehead atoms. The topological polar surface area (TPSA) is 94.6 Å². The molecule has 2 aliphatic heterocycles. The molecule has 9 nitrogen and oxygen atoms in total. The number of ether oxygens (including phenoxy) is 1. The van der Waals surface area contributed by atoms with Crippen LogP contribution in [-0.2, 0) is 23.4 Å². The van der Waals surface area contributed by atoms with Gasteiger partial charge in [-0.25, -0.2) is 0 Å². The lowest BCUT2D eigenvalue weighted by molar-refractivity contribution is -0.384. The summed E-state index contributed by atoms with van der Waals surface area (Å²) < 4.78 is 11.6. The Bertz CT molecular complexity index is 2270. The molecule has 6 aromatic rings. The van der Waals surface area contributed by atoms with Crippen molar-refractivity contribution in [1.29, 1.82) is 0 Å². The highest BCUT2D eigenvalue weighted by Crippen LogP contribution is 2.55. The Balaban J connectivity index is 1.35. The number of amides is 1. The normalized spacial score (nSPS) is 23.7. The molecule has 9 rings (SSSR count). The zero-order valence-electron chi connectivity index (χ0n) is 25.4. The SMILES string of the molecule is CO[C@@H]1[C@H](N(C)C(=O)c2cccc([N+](=O)[O-])c2)C[C@H]2C[C@]1(C)n1c3ccccc3c3c4c(c5c6ccccc6n2c5c31)CNC4. The number of para-hydroxylation sites is 2. The predicted molar refractivity (Wildman–Crippen MR) is 175 cm³/mol. The molecule has 1 amide bonds. The highest BCUT2D eigenvalue weighted by molar-refractivity contribution is 6.25. The summed E-state index contributed by atoms with van der Waals surface area (Å²) in [6.45, 7) is 3.96. The van der Waals surface area contributed by atoms with Crippen LogP contribution in [0.2, 0.25) is 0 Å². The van der Waals surface area contributed by atoms with Crippen LogP contribution in [0.5, 0.6) is 0 Å². The highest BCUT2D eigenvalue weighted by Gasteiger charge is 2.53. The van der Waals surface area contributed by atoms with Gasteiger partial charge < -0.3 is 24.1 Å². The number of rotatable bonds is 4. The zero-order chi connectivity index (χ0) is 30.8. The van der Waals surface area contributed by atoms with Crippen LogP contribution in [-0.4, -0.2) is 51.2 Å². The second-order valence-corrected chi connectivity index (χ2v) is 13.1. The van der Waals surface area contributed by atoms with Crippen molar-refractivity contribution in [3.05, 3.63) is 99.6 Å². The fourth-order valence-corrected chi connectivity index (χ4v) is 9.27. The molecule has 4 atom stereocenters. The van der Waals surface area contributed by atoms with Gasteiger partial charge >= 0.3 is 0 Å². The summed E-state index contributed by atoms with van der Waals surface area (Å²) in [5.41, 5.74) is 7.35. The van der Waals surface area contributed by atoms with Gasteiger partial charge in [0.05, 0.1) is 27.5 Å². The maximum atomic E-state index is 14.1. The first-order valence-electron chi connectivity index (χ1n) is 15.6. The summed E-state index contributed by atoms with van der Waals surface area (Å²) >= 11 is 0. The third-order valence-electron chi connectivity index (χ3n) is 11.0. The van der Waals surface area contributed by atoms with E-state index in [1.807, 2.05) is 7.05 Å². The number of benzene rings is 4. The van der Waals surface area contributed by atoms with Gasteiger partial charge in [-0.15, -0.1) is 0 Å². The number of nitro groups is 1. The van der Waals surface area contributed by atoms with Gasteiger partial charge in [0.1, 0.15) is 6.10 Å². The van der Waals surface area contributed by atoms with Crippen molar-refractivity contribution < 1.29 is 14.5 Å². The van der Waals surface area contributed by atoms with Crippen LogP contribution in [0.25, 0.3) is 43.6 Å². The summed E-state index contributed by atoms with van der Waals surface area (Å²) in [5, 5.41) is 20.3. The molecule has 0 spiro atoms. The molecule has 1 aliphatic carbocycles. The first-order valence-corrected chi connectivity index (χ1v) is 15.6. The molecule has 1 fully saturated rings. The lowest BCUT2D eigenvalue weighted by atomic mass is 9.74. The summed E-state index contributed by atoms with van der Waals surface area (Å²) in [6, 6.07) is 23.3. The Morgan fingerprint density at radius 3 is 2.36 bits per heavy atom. The van der Waals surface area contributed by atoms with Crippen LogP contribution in [0.4, 0.5) is 5.69 Å². The first-order chi connectivity index (χ1) is 21.8. The van der Waals surface area contributed by atoms with Crippen LogP contribution in [0.1, 0.15) is 47.3 Å². The second-order valence-electron chi connectivity index (χ2n) is 13.1. The van der Waals surface area contributed by atoms with Crippen LogP contribution in [0.15, 0.2) is 72.8 Å². The van der Waals surface area contributed by atoms with Crippen molar-refractivity contribution in [3.63, 3.8) is 0 Å². The number of carbonyl (C=O) groups excluding carboxylic acids is 1. The molecule has 1 saturated carbocycles. The van der Waals surface area contributed by atoms with Gasteiger partial charge in [-0.05, 0) is 49.1 Å². The van der Waals surface area contributed by atoms with Crippen molar-refractivity contribution in [1.82, 2.24) is 19.4 Å². The molecule has 4 aromatic carbocycles. The molecule has 4 heterocycles. The smallest absolute Gasteiger partial charge is 0.270 e. The summed E-state index contributed by atoms with van der Waals surface area (Å²) in [6.07, 6.45) is 1.19. The Morgan fingerprint density at radius 1 is 0.978 bits per heavy atom. The minimum Gasteiger partial charge on any atom is -0.377 e. The Kier molecular flexibility index (Phi) is 5.42. The number of hydrogen-bond donors (Lipinski definition) is 1. The van der Waals surface area contributed by atoms with Gasteiger partial charge in [0.15, 0.2) is 0 Å². The van der Waals surface area contributed by atoms with E-state index >= 15 is 0 Å². The standard InChI is InChI=1S/C36H33N5O4/c1-36-17-22(16-29(34(36)45-3)38(2)35(42)20-9-8-10-21(15-20)41(43)44)39-27-13-6-4-11-23(27)30-25-18-37-19-26(25)31-24-12-5-7-14-28(24)40(36)33(31)32(30)39/h4-15,22,29,34,37H,16-19H2,1-3H3/t22-,29+,34+,36-/m0/s1. The van der Waals surface area contributed by atoms with E-state index in [2.05, 4.69) is 69.9 Å². The summed E-state index contributed by atoms with van der Waals surface area (Å²) in [7, 11) is 3.57. The number of non-ortho nitro benzene ring substituents is 1. The molecule has 45 heavy (non-hydrogen) atoms. The molecule has 0 unspecified atom stereocenters. The van der Waals surface area contributed by atoms with Gasteiger partial charge in [-0.2, -0.15) is 0 Å². The van der Waals surface area contributed by atoms with Crippen LogP contribution >= 0.6 is 0 Å². The van der Waals surface area contributed by atoms with Gasteiger partial charge in [0.25, 0.3) is 11.6 Å². The van der Waals surface area contributed by atoms with Crippen molar-refractivity contribution in [2.45, 2.75) is 56.6 Å². The minimum atomic E-state index is -0.506. The van der Waals surface area contributed by atoms with Gasteiger partial charge in [-0.3, -0.25) is 14.9 Å². The van der Waals surface area contributed by atoms with Crippen LogP contribution in [0, 0.1) is 10.1 Å². The Morgan fingerprint density at radius 2 is 1.64 bits per heavy atom. The van der Waals surface area contributed by atoms with E-state index < -0.39 is 10.5 Å². The summed E-state index contributed by atoms with van der Waals surface area (Å²) in [4.78, 5) is 26.9. The van der Waals surface area contributed by atoms with E-state index in [9.17, 15) is 14.9 Å². The molecular weight excluding hydrogens is 566 g/mol. The molecule has 0 radical (unpaired) electrons. The van der Waals surface area contributed by atoms with E-state index in [1.54, 1.807) is 24.1 Å². The monoisotopic (exact) mass is 599 g/mol. The number of hydrogen-bond acceptors (Lipinski definition) is 5. The van der Waals surface area contributed by atoms with Crippen LogP contribution < -0.4 is 5.32 Å². The predicted octanol–water partition coefficient (Wildman–Crippen LogP) is 6.63. The number of methoxy groups -OCH3 is 1. The lowest BCUT2D eigenvalue weighted by Crippen LogP contribution is -2.60. The molecular formula is C36H33N5O4. The second kappa shape index (κ2) is 9.15. The molecule has 3 aliphatic rings. The molecule has 2 aromatic heterocycles. The van der Waals surface area contributed by atoms with Crippen molar-refractivity contribution in [2.24, 2.45) is 0 Å². The van der Waals surface area contributed by atoms with E-state index in [4.69, 9.17) is 4.74 Å². The van der Waals surface area contributed by atoms with Crippen LogP contribution in [0.3, 0.4) is 0 Å². The zero-order valence-corrected chi connectivity index (χ0v) is 25.4. The maximum Gasteiger partial charge on any atom is 0.270 e. The third kappa shape index (κ3) is 3.32. The molecule has 1 N–H and O–H groups in total. The van der Waals surface area contributed by atoms with E-state index in [0.717, 1.165) is 19.5 Å². The molecule has 9 heteroatoms. The van der Waals surface area contributed by atoms with Crippen molar-refractivity contribution in [3.8, 4) is 0 Å². The number of nitro benzene ring substituents is 1. The first kappa shape index (κ1) is 26.7. The van der Waals surface area contributed by atoms with Gasteiger partial charge in [-0.1, -0.05) is 42.5 Å². The number of likely N-dealkylation sites (N-methyl/N-ethyl adjacent to an activating group) is 1. The number of nitrogens with one attached hydrogen (secondary N) is 1. The fraction of sp³-hybridized carbons (Fsp3) is 0.306. The average molecular weight is 600 g/mol. The molecule has 0 saturated heterocycles. The third-order valence-corrected chi connectivity index (χ3v) is 11.0. The largest absolute Gasteiger partial charge is 0.377 e. The van der Waals surface area contributed by atoms with Gasteiger partial charge in [0.2, 0.25) is 0 Å². The van der Waals surface area contributed by atoms with E-state index in [-0.39, 0.29) is 29.8 Å². The number of carbonyl (C=O) groups is 1. The highest BCUT2D eigenvalue weighted by atomic mass is 16.6. The number of nitrogens with zero attached hydrogens (tertiary/aromatic N) is 4. The van der Waals surface area contributed by atoms with Gasteiger partial charge in [0, 0.05) is 83.6 Å². The van der Waals surface area contributed by atoms with Crippen molar-refractivity contribution >= 4 is 55.2 Å². The quantitative estimate of drug-likeness (QED) is 0.181. The Hall–Kier alpha value is -4.73. The summed E-state index contributed by atoms with van der Waals surface area (Å²) in [5.74, 6) is -0.249. The minimum absolute atomic E-state index is 0.0865. The Labute approximate surface area is 259 Å². The number of fused-ring (bicyclic) bond motifs is 13. The van der Waals surface area contributed by atoms with E-state index in [0.29, 0.717) is 12.0 Å². The average Bonchev–Trinajstić information content (AvgIpc) is 3.74. The lowest BCUT2D eigenvalue weighted by Gasteiger charge is -2.51.